The highest BCUT2D eigenvalue weighted by molar-refractivity contribution is 5.62. The molecule has 0 heterocycles. The molecule has 0 spiro atoms. The van der Waals surface area contributed by atoms with Crippen LogP contribution in [0.5, 0.6) is 0 Å². The van der Waals surface area contributed by atoms with E-state index >= 15 is 0 Å². The number of hydrogen-bond donors (Lipinski definition) is 1. The van der Waals surface area contributed by atoms with Gasteiger partial charge in [-0.2, -0.15) is 8.78 Å². The van der Waals surface area contributed by atoms with Crippen molar-refractivity contribution in [3.63, 3.8) is 0 Å². The summed E-state index contributed by atoms with van der Waals surface area (Å²) in [5, 5.41) is 10.6. The minimum absolute atomic E-state index is 0.0827. The maximum absolute atomic E-state index is 12.5. The molecule has 1 aromatic carbocycles. The van der Waals surface area contributed by atoms with Crippen molar-refractivity contribution in [3.05, 3.63) is 33.9 Å². The lowest BCUT2D eigenvalue weighted by molar-refractivity contribution is -0.384. The quantitative estimate of drug-likeness (QED) is 0.376. The Morgan fingerprint density at radius 3 is 2.58 bits per heavy atom. The van der Waals surface area contributed by atoms with Gasteiger partial charge in [-0.1, -0.05) is 12.1 Å². The van der Waals surface area contributed by atoms with Gasteiger partial charge in [0.25, 0.3) is 5.69 Å². The average Bonchev–Trinajstić information content (AvgIpc) is 2.30. The van der Waals surface area contributed by atoms with Gasteiger partial charge in [0.15, 0.2) is 0 Å². The van der Waals surface area contributed by atoms with Crippen LogP contribution in [0.25, 0.3) is 0 Å². The standard InChI is InChI=1S/C10H10F4N2O3/c11-9(12)10(13,14)5-19-4-6-2-1-3-7(8(6)15)16(17)18/h1-3,9H,4-5,15H2. The summed E-state index contributed by atoms with van der Waals surface area (Å²) in [6, 6.07) is 3.74. The van der Waals surface area contributed by atoms with Gasteiger partial charge in [0.2, 0.25) is 0 Å². The van der Waals surface area contributed by atoms with Crippen molar-refractivity contribution in [1.82, 2.24) is 0 Å². The predicted molar refractivity (Wildman–Crippen MR) is 58.1 cm³/mol. The van der Waals surface area contributed by atoms with Gasteiger partial charge < -0.3 is 10.5 Å². The van der Waals surface area contributed by atoms with Crippen LogP contribution in [-0.4, -0.2) is 23.9 Å². The van der Waals surface area contributed by atoms with Gasteiger partial charge in [0.05, 0.1) is 11.5 Å². The summed E-state index contributed by atoms with van der Waals surface area (Å²) in [6.45, 7) is -2.01. The van der Waals surface area contributed by atoms with Crippen LogP contribution in [0, 0.1) is 10.1 Å². The Hall–Kier alpha value is -1.90. The molecule has 9 heteroatoms. The number of benzene rings is 1. The molecule has 0 unspecified atom stereocenters. The maximum atomic E-state index is 12.5. The highest BCUT2D eigenvalue weighted by Gasteiger charge is 2.41. The van der Waals surface area contributed by atoms with Gasteiger partial charge in [0.1, 0.15) is 12.3 Å². The van der Waals surface area contributed by atoms with E-state index in [1.807, 2.05) is 0 Å². The normalized spacial score (nSPS) is 11.8. The third-order valence-corrected chi connectivity index (χ3v) is 2.24. The second kappa shape index (κ2) is 5.83. The first-order chi connectivity index (χ1) is 8.75. The molecule has 0 aliphatic rings. The number of nitrogens with two attached hydrogens (primary N) is 1. The smallest absolute Gasteiger partial charge is 0.330 e. The summed E-state index contributed by atoms with van der Waals surface area (Å²) in [4.78, 5) is 9.82. The molecule has 0 saturated heterocycles. The Balaban J connectivity index is 2.69. The van der Waals surface area contributed by atoms with Gasteiger partial charge in [0, 0.05) is 11.6 Å². The zero-order valence-electron chi connectivity index (χ0n) is 9.48. The van der Waals surface area contributed by atoms with E-state index in [1.54, 1.807) is 0 Å². The number of halogens is 4. The molecule has 0 amide bonds. The Bertz CT molecular complexity index is 468. The molecule has 1 rings (SSSR count). The first kappa shape index (κ1) is 15.2. The minimum atomic E-state index is -4.27. The van der Waals surface area contributed by atoms with E-state index in [1.165, 1.54) is 12.1 Å². The second-order valence-electron chi connectivity index (χ2n) is 3.66. The van der Waals surface area contributed by atoms with Crippen molar-refractivity contribution >= 4 is 11.4 Å². The number of para-hydroxylation sites is 1. The first-order valence-corrected chi connectivity index (χ1v) is 5.01. The van der Waals surface area contributed by atoms with Crippen LogP contribution in [0.2, 0.25) is 0 Å². The van der Waals surface area contributed by atoms with Crippen LogP contribution in [0.3, 0.4) is 0 Å². The molecule has 5 nitrogen and oxygen atoms in total. The first-order valence-electron chi connectivity index (χ1n) is 5.01. The van der Waals surface area contributed by atoms with E-state index in [4.69, 9.17) is 5.73 Å². The van der Waals surface area contributed by atoms with Gasteiger partial charge in [-0.25, -0.2) is 8.78 Å². The molecule has 0 aromatic heterocycles. The van der Waals surface area contributed by atoms with E-state index < -0.39 is 36.2 Å². The minimum Gasteiger partial charge on any atom is -0.393 e. The molecule has 1 aromatic rings. The SMILES string of the molecule is Nc1c(COCC(F)(F)C(F)F)cccc1[N+](=O)[O-]. The molecule has 19 heavy (non-hydrogen) atoms. The maximum Gasteiger partial charge on any atom is 0.330 e. The molecular weight excluding hydrogens is 272 g/mol. The van der Waals surface area contributed by atoms with Crippen molar-refractivity contribution in [2.24, 2.45) is 0 Å². The number of nitrogens with zero attached hydrogens (tertiary/aromatic N) is 1. The summed E-state index contributed by atoms with van der Waals surface area (Å²) in [5.74, 6) is -4.27. The summed E-state index contributed by atoms with van der Waals surface area (Å²) >= 11 is 0. The fourth-order valence-corrected chi connectivity index (χ4v) is 1.24. The van der Waals surface area contributed by atoms with Crippen LogP contribution in [0.4, 0.5) is 28.9 Å². The third-order valence-electron chi connectivity index (χ3n) is 2.24. The molecule has 2 N–H and O–H groups in total. The lowest BCUT2D eigenvalue weighted by atomic mass is 10.1. The fourth-order valence-electron chi connectivity index (χ4n) is 1.24. The van der Waals surface area contributed by atoms with Crippen LogP contribution in [0.15, 0.2) is 18.2 Å². The molecule has 106 valence electrons. The number of alkyl halides is 4. The number of hydrogen-bond acceptors (Lipinski definition) is 4. The molecule has 0 aliphatic carbocycles. The number of anilines is 1. The van der Waals surface area contributed by atoms with E-state index in [2.05, 4.69) is 4.74 Å². The molecule has 0 radical (unpaired) electrons. The van der Waals surface area contributed by atoms with Crippen LogP contribution >= 0.6 is 0 Å². The highest BCUT2D eigenvalue weighted by Crippen LogP contribution is 2.27. The molecular formula is C10H10F4N2O3. The summed E-state index contributed by atoms with van der Waals surface area (Å²) in [5.41, 5.74) is 4.88. The van der Waals surface area contributed by atoms with Crippen LogP contribution in [0.1, 0.15) is 5.56 Å². The Labute approximate surface area is 105 Å². The van der Waals surface area contributed by atoms with Gasteiger partial charge in [-0.15, -0.1) is 0 Å². The monoisotopic (exact) mass is 282 g/mol. The number of ether oxygens (including phenoxy) is 1. The highest BCUT2D eigenvalue weighted by atomic mass is 19.3. The molecule has 0 aliphatic heterocycles. The van der Waals surface area contributed by atoms with Crippen LogP contribution in [-0.2, 0) is 11.3 Å². The second-order valence-corrected chi connectivity index (χ2v) is 3.66. The van der Waals surface area contributed by atoms with E-state index in [0.29, 0.717) is 0 Å². The van der Waals surface area contributed by atoms with Crippen molar-refractivity contribution in [2.75, 3.05) is 12.3 Å². The Kier molecular flexibility index (Phi) is 4.65. The number of nitro groups is 1. The number of rotatable bonds is 6. The van der Waals surface area contributed by atoms with Crippen LogP contribution < -0.4 is 5.73 Å². The van der Waals surface area contributed by atoms with Crippen molar-refractivity contribution in [1.29, 1.82) is 0 Å². The summed E-state index contributed by atoms with van der Waals surface area (Å²) < 4.78 is 53.2. The van der Waals surface area contributed by atoms with Crippen molar-refractivity contribution < 1.29 is 27.2 Å². The molecule has 0 atom stereocenters. The topological polar surface area (TPSA) is 78.4 Å². The van der Waals surface area contributed by atoms with Gasteiger partial charge in [-0.3, -0.25) is 10.1 Å². The Morgan fingerprint density at radius 1 is 1.42 bits per heavy atom. The summed E-state index contributed by atoms with van der Waals surface area (Å²) in [6.07, 6.45) is -3.84. The molecule has 0 fully saturated rings. The lowest BCUT2D eigenvalue weighted by Gasteiger charge is -2.15. The van der Waals surface area contributed by atoms with Crippen molar-refractivity contribution in [3.8, 4) is 0 Å². The zero-order chi connectivity index (χ0) is 14.6. The van der Waals surface area contributed by atoms with Gasteiger partial charge in [-0.05, 0) is 0 Å². The average molecular weight is 282 g/mol. The van der Waals surface area contributed by atoms with E-state index in [0.717, 1.165) is 6.07 Å². The lowest BCUT2D eigenvalue weighted by Crippen LogP contribution is -2.32. The third kappa shape index (κ3) is 3.78. The Morgan fingerprint density at radius 2 is 2.05 bits per heavy atom. The summed E-state index contributed by atoms with van der Waals surface area (Å²) in [7, 11) is 0. The fraction of sp³-hybridized carbons (Fsp3) is 0.400. The number of nitrogen functional groups attached to an aromatic ring is 1. The zero-order valence-corrected chi connectivity index (χ0v) is 9.48. The largest absolute Gasteiger partial charge is 0.393 e. The van der Waals surface area contributed by atoms with Gasteiger partial charge >= 0.3 is 12.3 Å². The van der Waals surface area contributed by atoms with Crippen molar-refractivity contribution in [2.45, 2.75) is 19.0 Å². The molecule has 0 saturated carbocycles. The molecule has 0 bridgehead atoms. The number of nitro benzene ring substituents is 1. The van der Waals surface area contributed by atoms with E-state index in [9.17, 15) is 27.7 Å². The predicted octanol–water partition coefficient (Wildman–Crippen LogP) is 2.59. The van der Waals surface area contributed by atoms with E-state index in [-0.39, 0.29) is 11.3 Å².